The highest BCUT2D eigenvalue weighted by molar-refractivity contribution is 5.47. The van der Waals surface area contributed by atoms with E-state index in [-0.39, 0.29) is 5.82 Å². The van der Waals surface area contributed by atoms with E-state index in [4.69, 9.17) is 0 Å². The van der Waals surface area contributed by atoms with Gasteiger partial charge in [-0.2, -0.15) is 0 Å². The third-order valence-electron chi connectivity index (χ3n) is 3.36. The van der Waals surface area contributed by atoms with Crippen molar-refractivity contribution >= 4 is 5.69 Å². The van der Waals surface area contributed by atoms with Gasteiger partial charge in [0.2, 0.25) is 0 Å². The molecule has 0 aliphatic rings. The van der Waals surface area contributed by atoms with Crippen LogP contribution in [-0.2, 0) is 6.54 Å². The smallest absolute Gasteiger partial charge is 0.126 e. The number of hydrogen-bond donors (Lipinski definition) is 1. The topological polar surface area (TPSA) is 12.0 Å². The van der Waals surface area contributed by atoms with Crippen molar-refractivity contribution in [3.8, 4) is 0 Å². The number of aryl methyl sites for hydroxylation is 2. The van der Waals surface area contributed by atoms with Gasteiger partial charge in [0.05, 0.1) is 0 Å². The molecule has 0 bridgehead atoms. The Morgan fingerprint density at radius 3 is 2.50 bits per heavy atom. The van der Waals surface area contributed by atoms with E-state index < -0.39 is 0 Å². The van der Waals surface area contributed by atoms with Crippen LogP contribution in [-0.4, -0.2) is 0 Å². The largest absolute Gasteiger partial charge is 0.381 e. The first-order chi connectivity index (χ1) is 8.58. The molecule has 2 rings (SSSR count). The highest BCUT2D eigenvalue weighted by Gasteiger charge is 2.02. The lowest BCUT2D eigenvalue weighted by atomic mass is 10.0. The molecule has 18 heavy (non-hydrogen) atoms. The van der Waals surface area contributed by atoms with E-state index in [0.29, 0.717) is 5.56 Å². The summed E-state index contributed by atoms with van der Waals surface area (Å²) in [5.74, 6) is -0.160. The maximum atomic E-state index is 13.2. The zero-order valence-corrected chi connectivity index (χ0v) is 11.0. The van der Waals surface area contributed by atoms with Crippen LogP contribution in [0, 0.1) is 26.6 Å². The second kappa shape index (κ2) is 5.21. The highest BCUT2D eigenvalue weighted by Crippen LogP contribution is 2.17. The molecule has 0 spiro atoms. The third-order valence-corrected chi connectivity index (χ3v) is 3.36. The number of halogens is 1. The molecule has 0 unspecified atom stereocenters. The monoisotopic (exact) mass is 243 g/mol. The van der Waals surface area contributed by atoms with Crippen molar-refractivity contribution in [3.05, 3.63) is 64.5 Å². The summed E-state index contributed by atoms with van der Waals surface area (Å²) in [6.07, 6.45) is 0. The van der Waals surface area contributed by atoms with Crippen LogP contribution in [0.25, 0.3) is 0 Å². The van der Waals surface area contributed by atoms with Gasteiger partial charge in [0, 0.05) is 12.2 Å². The summed E-state index contributed by atoms with van der Waals surface area (Å²) in [7, 11) is 0. The van der Waals surface area contributed by atoms with Crippen molar-refractivity contribution in [1.29, 1.82) is 0 Å². The predicted octanol–water partition coefficient (Wildman–Crippen LogP) is 4.36. The average Bonchev–Trinajstić information content (AvgIpc) is 2.35. The SMILES string of the molecule is Cc1cc(NCc2cccc(C)c2C)ccc1F. The normalized spacial score (nSPS) is 10.4. The van der Waals surface area contributed by atoms with E-state index >= 15 is 0 Å². The van der Waals surface area contributed by atoms with Gasteiger partial charge in [-0.3, -0.25) is 0 Å². The van der Waals surface area contributed by atoms with Gasteiger partial charge >= 0.3 is 0 Å². The molecule has 1 N–H and O–H groups in total. The second-order valence-corrected chi connectivity index (χ2v) is 4.68. The highest BCUT2D eigenvalue weighted by atomic mass is 19.1. The van der Waals surface area contributed by atoms with E-state index in [9.17, 15) is 4.39 Å². The van der Waals surface area contributed by atoms with Crippen molar-refractivity contribution in [2.45, 2.75) is 27.3 Å². The molecule has 2 aromatic carbocycles. The zero-order chi connectivity index (χ0) is 13.1. The fourth-order valence-corrected chi connectivity index (χ4v) is 1.96. The van der Waals surface area contributed by atoms with Gasteiger partial charge in [0.1, 0.15) is 5.82 Å². The van der Waals surface area contributed by atoms with Gasteiger partial charge in [0.15, 0.2) is 0 Å². The molecule has 2 heteroatoms. The lowest BCUT2D eigenvalue weighted by molar-refractivity contribution is 0.618. The average molecular weight is 243 g/mol. The van der Waals surface area contributed by atoms with Crippen LogP contribution >= 0.6 is 0 Å². The van der Waals surface area contributed by atoms with Crippen LogP contribution in [0.3, 0.4) is 0 Å². The molecule has 0 saturated heterocycles. The molecule has 0 heterocycles. The molecule has 0 saturated carbocycles. The van der Waals surface area contributed by atoms with E-state index in [0.717, 1.165) is 12.2 Å². The van der Waals surface area contributed by atoms with Crippen LogP contribution in [0.15, 0.2) is 36.4 Å². The summed E-state index contributed by atoms with van der Waals surface area (Å²) in [6, 6.07) is 11.4. The lowest BCUT2D eigenvalue weighted by Crippen LogP contribution is -2.02. The number of nitrogens with one attached hydrogen (secondary N) is 1. The van der Waals surface area contributed by atoms with Gasteiger partial charge in [-0.15, -0.1) is 0 Å². The van der Waals surface area contributed by atoms with E-state index in [1.807, 2.05) is 6.07 Å². The summed E-state index contributed by atoms with van der Waals surface area (Å²) in [4.78, 5) is 0. The Morgan fingerprint density at radius 1 is 1.00 bits per heavy atom. The Balaban J connectivity index is 2.11. The standard InChI is InChI=1S/C16H18FN/c1-11-5-4-6-14(13(11)3)10-18-15-7-8-16(17)12(2)9-15/h4-9,18H,10H2,1-3H3. The zero-order valence-electron chi connectivity index (χ0n) is 11.0. The predicted molar refractivity (Wildman–Crippen MR) is 74.4 cm³/mol. The van der Waals surface area contributed by atoms with Gasteiger partial charge in [-0.25, -0.2) is 4.39 Å². The number of anilines is 1. The molecule has 0 atom stereocenters. The summed E-state index contributed by atoms with van der Waals surface area (Å²) in [5.41, 5.74) is 5.50. The number of hydrogen-bond acceptors (Lipinski definition) is 1. The molecule has 0 fully saturated rings. The number of rotatable bonds is 3. The molecule has 94 valence electrons. The van der Waals surface area contributed by atoms with Crippen LogP contribution in [0.2, 0.25) is 0 Å². The van der Waals surface area contributed by atoms with Gasteiger partial charge in [0.25, 0.3) is 0 Å². The first kappa shape index (κ1) is 12.6. The molecular formula is C16H18FN. The summed E-state index contributed by atoms with van der Waals surface area (Å²) in [6.45, 7) is 6.78. The van der Waals surface area contributed by atoms with E-state index in [1.165, 1.54) is 22.8 Å². The van der Waals surface area contributed by atoms with Crippen molar-refractivity contribution in [2.24, 2.45) is 0 Å². The summed E-state index contributed by atoms with van der Waals surface area (Å²) < 4.78 is 13.2. The first-order valence-electron chi connectivity index (χ1n) is 6.13. The van der Waals surface area contributed by atoms with Crippen LogP contribution in [0.1, 0.15) is 22.3 Å². The minimum atomic E-state index is -0.160. The van der Waals surface area contributed by atoms with Crippen LogP contribution in [0.4, 0.5) is 10.1 Å². The molecule has 1 nitrogen and oxygen atoms in total. The fraction of sp³-hybridized carbons (Fsp3) is 0.250. The quantitative estimate of drug-likeness (QED) is 0.844. The summed E-state index contributed by atoms with van der Waals surface area (Å²) >= 11 is 0. The lowest BCUT2D eigenvalue weighted by Gasteiger charge is -2.11. The molecule has 0 aromatic heterocycles. The Morgan fingerprint density at radius 2 is 1.78 bits per heavy atom. The molecular weight excluding hydrogens is 225 g/mol. The summed E-state index contributed by atoms with van der Waals surface area (Å²) in [5, 5.41) is 3.33. The Labute approximate surface area is 108 Å². The molecule has 2 aromatic rings. The van der Waals surface area contributed by atoms with E-state index in [1.54, 1.807) is 13.0 Å². The van der Waals surface area contributed by atoms with Gasteiger partial charge in [-0.05, 0) is 61.2 Å². The Bertz CT molecular complexity index is 561. The number of benzene rings is 2. The van der Waals surface area contributed by atoms with Gasteiger partial charge < -0.3 is 5.32 Å². The first-order valence-corrected chi connectivity index (χ1v) is 6.13. The Kier molecular flexibility index (Phi) is 3.66. The maximum Gasteiger partial charge on any atom is 0.126 e. The molecule has 0 amide bonds. The van der Waals surface area contributed by atoms with Gasteiger partial charge in [-0.1, -0.05) is 18.2 Å². The Hall–Kier alpha value is -1.83. The van der Waals surface area contributed by atoms with Crippen molar-refractivity contribution in [2.75, 3.05) is 5.32 Å². The molecule has 0 radical (unpaired) electrons. The molecule has 0 aliphatic carbocycles. The molecule has 0 aliphatic heterocycles. The van der Waals surface area contributed by atoms with Crippen molar-refractivity contribution in [1.82, 2.24) is 0 Å². The minimum Gasteiger partial charge on any atom is -0.381 e. The van der Waals surface area contributed by atoms with Crippen LogP contribution in [0.5, 0.6) is 0 Å². The fourth-order valence-electron chi connectivity index (χ4n) is 1.96. The maximum absolute atomic E-state index is 13.2. The minimum absolute atomic E-state index is 0.160. The second-order valence-electron chi connectivity index (χ2n) is 4.68. The third kappa shape index (κ3) is 2.70. The van der Waals surface area contributed by atoms with Crippen molar-refractivity contribution in [3.63, 3.8) is 0 Å². The van der Waals surface area contributed by atoms with Crippen molar-refractivity contribution < 1.29 is 4.39 Å². The van der Waals surface area contributed by atoms with Crippen LogP contribution < -0.4 is 5.32 Å². The van der Waals surface area contributed by atoms with E-state index in [2.05, 4.69) is 37.4 Å².